The van der Waals surface area contributed by atoms with E-state index < -0.39 is 18.6 Å². The Labute approximate surface area is 130 Å². The molecule has 1 amide bonds. The summed E-state index contributed by atoms with van der Waals surface area (Å²) in [5.74, 6) is -0.667. The maximum atomic E-state index is 12.1. The summed E-state index contributed by atoms with van der Waals surface area (Å²) in [6, 6.07) is 1.89. The molecule has 8 heteroatoms. The lowest BCUT2D eigenvalue weighted by Gasteiger charge is -2.11. The number of rotatable bonds is 4. The number of amides is 1. The van der Waals surface area contributed by atoms with Crippen molar-refractivity contribution in [1.82, 2.24) is 14.9 Å². The molecule has 0 aliphatic heterocycles. The summed E-state index contributed by atoms with van der Waals surface area (Å²) >= 11 is 1.52. The molecule has 120 valence electrons. The van der Waals surface area contributed by atoms with Crippen LogP contribution in [0.3, 0.4) is 0 Å². The minimum absolute atomic E-state index is 0.142. The number of halogens is 3. The first-order valence-electron chi connectivity index (χ1n) is 6.60. The summed E-state index contributed by atoms with van der Waals surface area (Å²) in [7, 11) is 0. The highest BCUT2D eigenvalue weighted by atomic mass is 32.1. The number of hydrogen-bond donors (Lipinski definition) is 1. The van der Waals surface area contributed by atoms with E-state index in [1.165, 1.54) is 11.3 Å². The van der Waals surface area contributed by atoms with E-state index in [1.54, 1.807) is 4.57 Å². The van der Waals surface area contributed by atoms with Crippen molar-refractivity contribution in [2.75, 3.05) is 6.54 Å². The smallest absolute Gasteiger partial charge is 0.345 e. The maximum Gasteiger partial charge on any atom is 0.405 e. The highest BCUT2D eigenvalue weighted by Crippen LogP contribution is 2.27. The largest absolute Gasteiger partial charge is 0.405 e. The fourth-order valence-corrected chi connectivity index (χ4v) is 2.80. The van der Waals surface area contributed by atoms with Crippen molar-refractivity contribution < 1.29 is 18.0 Å². The second-order valence-corrected chi connectivity index (χ2v) is 6.08. The molecule has 0 radical (unpaired) electrons. The standard InChI is InChI=1S/C14H16F3N3OS/c1-8-4-11(12-6-22-10(3)19-12)9(2)20(8)5-13(21)18-7-14(15,16)17/h4,6H,5,7H2,1-3H3,(H,18,21). The number of hydrogen-bond acceptors (Lipinski definition) is 3. The van der Waals surface area contributed by atoms with E-state index in [0.29, 0.717) is 0 Å². The molecular formula is C14H16F3N3OS. The predicted molar refractivity (Wildman–Crippen MR) is 78.8 cm³/mol. The first kappa shape index (κ1) is 16.5. The van der Waals surface area contributed by atoms with Crippen LogP contribution in [-0.2, 0) is 11.3 Å². The molecule has 0 saturated heterocycles. The Balaban J connectivity index is 2.15. The molecule has 0 fully saturated rings. The number of nitrogens with zero attached hydrogens (tertiary/aromatic N) is 2. The minimum Gasteiger partial charge on any atom is -0.345 e. The Kier molecular flexibility index (Phi) is 4.60. The Morgan fingerprint density at radius 3 is 2.59 bits per heavy atom. The van der Waals surface area contributed by atoms with Gasteiger partial charge in [0.1, 0.15) is 13.1 Å². The van der Waals surface area contributed by atoms with Crippen molar-refractivity contribution >= 4 is 17.2 Å². The van der Waals surface area contributed by atoms with Crippen molar-refractivity contribution in [3.63, 3.8) is 0 Å². The van der Waals surface area contributed by atoms with Crippen LogP contribution in [-0.4, -0.2) is 28.2 Å². The third kappa shape index (κ3) is 3.88. The zero-order valence-corrected chi connectivity index (χ0v) is 13.2. The molecule has 0 spiro atoms. The van der Waals surface area contributed by atoms with Gasteiger partial charge in [-0.15, -0.1) is 11.3 Å². The van der Waals surface area contributed by atoms with E-state index in [9.17, 15) is 18.0 Å². The van der Waals surface area contributed by atoms with Crippen molar-refractivity contribution in [2.24, 2.45) is 0 Å². The summed E-state index contributed by atoms with van der Waals surface area (Å²) in [5, 5.41) is 4.74. The van der Waals surface area contributed by atoms with Gasteiger partial charge in [0.05, 0.1) is 10.7 Å². The summed E-state index contributed by atoms with van der Waals surface area (Å²) in [4.78, 5) is 16.1. The Morgan fingerprint density at radius 1 is 1.36 bits per heavy atom. The molecule has 0 aliphatic carbocycles. The first-order chi connectivity index (χ1) is 10.2. The Hall–Kier alpha value is -1.83. The maximum absolute atomic E-state index is 12.1. The molecular weight excluding hydrogens is 315 g/mol. The molecule has 2 aromatic rings. The van der Waals surface area contributed by atoms with Gasteiger partial charge in [-0.2, -0.15) is 13.2 Å². The van der Waals surface area contributed by atoms with E-state index >= 15 is 0 Å². The molecule has 2 rings (SSSR count). The van der Waals surface area contributed by atoms with Gasteiger partial charge in [-0.05, 0) is 26.8 Å². The zero-order chi connectivity index (χ0) is 16.5. The van der Waals surface area contributed by atoms with Gasteiger partial charge in [0.15, 0.2) is 0 Å². The third-order valence-corrected chi connectivity index (χ3v) is 4.03. The Morgan fingerprint density at radius 2 is 2.05 bits per heavy atom. The molecule has 0 aromatic carbocycles. The van der Waals surface area contributed by atoms with Crippen LogP contribution in [0.15, 0.2) is 11.4 Å². The molecule has 2 aromatic heterocycles. The summed E-state index contributed by atoms with van der Waals surface area (Å²) in [6.45, 7) is 4.08. The van der Waals surface area contributed by atoms with Gasteiger partial charge < -0.3 is 9.88 Å². The van der Waals surface area contributed by atoms with Crippen molar-refractivity contribution in [1.29, 1.82) is 0 Å². The fourth-order valence-electron chi connectivity index (χ4n) is 2.19. The zero-order valence-electron chi connectivity index (χ0n) is 12.4. The van der Waals surface area contributed by atoms with Crippen LogP contribution < -0.4 is 5.32 Å². The topological polar surface area (TPSA) is 46.9 Å². The van der Waals surface area contributed by atoms with Gasteiger partial charge in [0.25, 0.3) is 0 Å². The number of thiazole rings is 1. The lowest BCUT2D eigenvalue weighted by molar-refractivity contribution is -0.138. The molecule has 0 bridgehead atoms. The average molecular weight is 331 g/mol. The number of aryl methyl sites for hydroxylation is 2. The number of carbonyl (C=O) groups excluding carboxylic acids is 1. The van der Waals surface area contributed by atoms with Gasteiger partial charge in [-0.25, -0.2) is 4.98 Å². The van der Waals surface area contributed by atoms with Gasteiger partial charge in [0, 0.05) is 22.3 Å². The average Bonchev–Trinajstić information content (AvgIpc) is 2.94. The van der Waals surface area contributed by atoms with Crippen LogP contribution in [0, 0.1) is 20.8 Å². The summed E-state index contributed by atoms with van der Waals surface area (Å²) < 4.78 is 38.0. The van der Waals surface area contributed by atoms with Gasteiger partial charge >= 0.3 is 6.18 Å². The second-order valence-electron chi connectivity index (χ2n) is 5.01. The van der Waals surface area contributed by atoms with Crippen LogP contribution >= 0.6 is 11.3 Å². The van der Waals surface area contributed by atoms with Crippen molar-refractivity contribution in [2.45, 2.75) is 33.5 Å². The fraction of sp³-hybridized carbons (Fsp3) is 0.429. The van der Waals surface area contributed by atoms with Crippen molar-refractivity contribution in [3.8, 4) is 11.3 Å². The molecule has 22 heavy (non-hydrogen) atoms. The quantitative estimate of drug-likeness (QED) is 0.935. The number of aromatic nitrogens is 2. The van der Waals surface area contributed by atoms with Crippen LogP contribution in [0.2, 0.25) is 0 Å². The molecule has 0 atom stereocenters. The van der Waals surface area contributed by atoms with Crippen LogP contribution in [0.4, 0.5) is 13.2 Å². The van der Waals surface area contributed by atoms with Crippen LogP contribution in [0.1, 0.15) is 16.4 Å². The molecule has 2 heterocycles. The lowest BCUT2D eigenvalue weighted by atomic mass is 10.2. The molecule has 4 nitrogen and oxygen atoms in total. The van der Waals surface area contributed by atoms with E-state index in [-0.39, 0.29) is 6.54 Å². The predicted octanol–water partition coefficient (Wildman–Crippen LogP) is 3.22. The second kappa shape index (κ2) is 6.12. The van der Waals surface area contributed by atoms with Gasteiger partial charge in [0.2, 0.25) is 5.91 Å². The number of nitrogens with one attached hydrogen (secondary N) is 1. The normalized spacial score (nSPS) is 11.7. The molecule has 0 aliphatic rings. The third-order valence-electron chi connectivity index (χ3n) is 3.26. The van der Waals surface area contributed by atoms with Crippen LogP contribution in [0.25, 0.3) is 11.3 Å². The molecule has 0 unspecified atom stereocenters. The van der Waals surface area contributed by atoms with Gasteiger partial charge in [-0.1, -0.05) is 0 Å². The van der Waals surface area contributed by atoms with E-state index in [0.717, 1.165) is 27.7 Å². The van der Waals surface area contributed by atoms with Crippen LogP contribution in [0.5, 0.6) is 0 Å². The minimum atomic E-state index is -4.40. The Bertz CT molecular complexity index is 688. The number of carbonyl (C=O) groups is 1. The molecule has 0 saturated carbocycles. The number of alkyl halides is 3. The summed E-state index contributed by atoms with van der Waals surface area (Å²) in [6.07, 6.45) is -4.40. The monoisotopic (exact) mass is 331 g/mol. The van der Waals surface area contributed by atoms with Crippen molar-refractivity contribution in [3.05, 3.63) is 27.8 Å². The van der Waals surface area contributed by atoms with E-state index in [2.05, 4.69) is 4.98 Å². The first-order valence-corrected chi connectivity index (χ1v) is 7.48. The molecule has 1 N–H and O–H groups in total. The van der Waals surface area contributed by atoms with Gasteiger partial charge in [-0.3, -0.25) is 4.79 Å². The summed E-state index contributed by atoms with van der Waals surface area (Å²) in [5.41, 5.74) is 3.33. The highest BCUT2D eigenvalue weighted by molar-refractivity contribution is 7.09. The lowest BCUT2D eigenvalue weighted by Crippen LogP contribution is -2.36. The van der Waals surface area contributed by atoms with E-state index in [1.807, 2.05) is 37.5 Å². The highest BCUT2D eigenvalue weighted by Gasteiger charge is 2.27. The SMILES string of the molecule is Cc1nc(-c2cc(C)n(CC(=O)NCC(F)(F)F)c2C)cs1. The van der Waals surface area contributed by atoms with E-state index in [4.69, 9.17) is 0 Å².